The molecule has 1 amide bonds. The molecular weight excluding hydrogens is 491 g/mol. The van der Waals surface area contributed by atoms with E-state index < -0.39 is 24.4 Å². The number of oxazole rings is 1. The third-order valence-electron chi connectivity index (χ3n) is 5.62. The maximum Gasteiger partial charge on any atom is 0.387 e. The number of hydrogen-bond acceptors (Lipinski definition) is 7. The number of aromatic nitrogens is 1. The molecule has 1 aliphatic carbocycles. The number of nitrogens with two attached hydrogens (primary N) is 1. The Bertz CT molecular complexity index is 1240. The lowest BCUT2D eigenvalue weighted by molar-refractivity contribution is -0.0515. The quantitative estimate of drug-likeness (QED) is 0.338. The molecule has 2 aromatic carbocycles. The first-order chi connectivity index (χ1) is 17.7. The Hall–Kier alpha value is -3.73. The van der Waals surface area contributed by atoms with Crippen LogP contribution in [-0.4, -0.2) is 30.7 Å². The lowest BCUT2D eigenvalue weighted by Gasteiger charge is -2.12. The third-order valence-corrected chi connectivity index (χ3v) is 5.62. The smallest absolute Gasteiger partial charge is 0.387 e. The van der Waals surface area contributed by atoms with Crippen molar-refractivity contribution >= 4 is 5.91 Å². The van der Waals surface area contributed by atoms with Crippen molar-refractivity contribution in [2.75, 3.05) is 13.2 Å². The third kappa shape index (κ3) is 6.73. The van der Waals surface area contributed by atoms with Crippen LogP contribution < -0.4 is 25.3 Å². The molecule has 1 fully saturated rings. The number of nitrogens with zero attached hydrogens (tertiary/aromatic N) is 1. The van der Waals surface area contributed by atoms with Gasteiger partial charge in [-0.3, -0.25) is 4.79 Å². The highest BCUT2D eigenvalue weighted by Crippen LogP contribution is 2.37. The fourth-order valence-corrected chi connectivity index (χ4v) is 3.63. The number of carbonyl (C=O) groups is 1. The van der Waals surface area contributed by atoms with Crippen LogP contribution in [0.5, 0.6) is 17.2 Å². The maximum absolute atomic E-state index is 13.6. The van der Waals surface area contributed by atoms with Crippen molar-refractivity contribution in [2.45, 2.75) is 45.9 Å². The molecule has 0 aliphatic heterocycles. The van der Waals surface area contributed by atoms with Crippen molar-refractivity contribution < 1.29 is 36.6 Å². The van der Waals surface area contributed by atoms with Gasteiger partial charge >= 0.3 is 6.61 Å². The van der Waals surface area contributed by atoms with Crippen LogP contribution in [0, 0.1) is 11.7 Å². The molecule has 1 aromatic heterocycles. The monoisotopic (exact) mass is 519 g/mol. The van der Waals surface area contributed by atoms with Crippen LogP contribution >= 0.6 is 0 Å². The van der Waals surface area contributed by atoms with Gasteiger partial charge in [-0.1, -0.05) is 0 Å². The zero-order valence-corrected chi connectivity index (χ0v) is 20.4. The van der Waals surface area contributed by atoms with Gasteiger partial charge in [0.05, 0.1) is 31.4 Å². The number of carbonyl (C=O) groups excluding carboxylic acids is 1. The zero-order chi connectivity index (χ0) is 26.5. The van der Waals surface area contributed by atoms with Crippen LogP contribution in [0.2, 0.25) is 0 Å². The number of halogens is 3. The lowest BCUT2D eigenvalue weighted by atomic mass is 10.1. The minimum atomic E-state index is -3.00. The van der Waals surface area contributed by atoms with Gasteiger partial charge in [0.2, 0.25) is 5.89 Å². The van der Waals surface area contributed by atoms with E-state index in [-0.39, 0.29) is 41.9 Å². The number of rotatable bonds is 12. The van der Waals surface area contributed by atoms with E-state index in [4.69, 9.17) is 19.6 Å². The summed E-state index contributed by atoms with van der Waals surface area (Å²) in [4.78, 5) is 17.3. The van der Waals surface area contributed by atoms with Gasteiger partial charge in [-0.2, -0.15) is 8.78 Å². The van der Waals surface area contributed by atoms with Crippen molar-refractivity contribution in [2.24, 2.45) is 11.7 Å². The molecule has 0 radical (unpaired) electrons. The minimum Gasteiger partial charge on any atom is -0.493 e. The molecule has 37 heavy (non-hydrogen) atoms. The van der Waals surface area contributed by atoms with Gasteiger partial charge in [0, 0.05) is 11.6 Å². The van der Waals surface area contributed by atoms with E-state index in [9.17, 15) is 18.0 Å². The number of hydrogen-bond donors (Lipinski definition) is 2. The largest absolute Gasteiger partial charge is 0.493 e. The average molecular weight is 520 g/mol. The second kappa shape index (κ2) is 11.5. The molecule has 3 N–H and O–H groups in total. The summed E-state index contributed by atoms with van der Waals surface area (Å²) in [6.07, 6.45) is 2.06. The summed E-state index contributed by atoms with van der Waals surface area (Å²) in [6.45, 7) is 1.06. The number of alkyl halides is 2. The molecule has 0 bridgehead atoms. The fraction of sp³-hybridized carbons (Fsp3) is 0.385. The summed E-state index contributed by atoms with van der Waals surface area (Å²) in [5.74, 6) is 0.0852. The number of ether oxygens (including phenoxy) is 3. The van der Waals surface area contributed by atoms with Crippen LogP contribution in [0.15, 0.2) is 40.8 Å². The van der Waals surface area contributed by atoms with Gasteiger partial charge < -0.3 is 29.7 Å². The van der Waals surface area contributed by atoms with Crippen LogP contribution in [-0.2, 0) is 6.54 Å². The Labute approximate surface area is 211 Å². The van der Waals surface area contributed by atoms with E-state index in [1.54, 1.807) is 13.8 Å². The van der Waals surface area contributed by atoms with Crippen LogP contribution in [0.3, 0.4) is 0 Å². The number of amides is 1. The summed E-state index contributed by atoms with van der Waals surface area (Å²) in [5, 5.41) is 2.73. The molecule has 3 aromatic rings. The second-order valence-corrected chi connectivity index (χ2v) is 8.67. The van der Waals surface area contributed by atoms with Crippen LogP contribution in [0.1, 0.15) is 54.5 Å². The Morgan fingerprint density at radius 3 is 2.62 bits per heavy atom. The van der Waals surface area contributed by atoms with Gasteiger partial charge in [-0.25, -0.2) is 9.37 Å². The molecule has 1 atom stereocenters. The highest BCUT2D eigenvalue weighted by molar-refractivity contribution is 5.96. The van der Waals surface area contributed by atoms with Gasteiger partial charge in [-0.05, 0) is 62.9 Å². The second-order valence-electron chi connectivity index (χ2n) is 8.67. The van der Waals surface area contributed by atoms with E-state index in [1.165, 1.54) is 30.3 Å². The molecule has 0 spiro atoms. The molecular formula is C26H28F3N3O5. The minimum absolute atomic E-state index is 0.0280. The molecule has 8 nitrogen and oxygen atoms in total. The van der Waals surface area contributed by atoms with Gasteiger partial charge in [-0.15, -0.1) is 0 Å². The van der Waals surface area contributed by atoms with E-state index in [2.05, 4.69) is 15.0 Å². The Morgan fingerprint density at radius 2 is 1.95 bits per heavy atom. The predicted molar refractivity (Wildman–Crippen MR) is 128 cm³/mol. The molecule has 4 rings (SSSR count). The summed E-state index contributed by atoms with van der Waals surface area (Å²) < 4.78 is 60.9. The Kier molecular flexibility index (Phi) is 8.22. The maximum atomic E-state index is 13.6. The van der Waals surface area contributed by atoms with Crippen molar-refractivity contribution in [3.63, 3.8) is 0 Å². The Morgan fingerprint density at radius 1 is 1.16 bits per heavy atom. The summed E-state index contributed by atoms with van der Waals surface area (Å²) in [6, 6.07) is 7.51. The van der Waals surface area contributed by atoms with Crippen molar-refractivity contribution in [3.8, 4) is 28.7 Å². The van der Waals surface area contributed by atoms with Crippen molar-refractivity contribution in [1.29, 1.82) is 0 Å². The lowest BCUT2D eigenvalue weighted by Crippen LogP contribution is -2.25. The Balaban J connectivity index is 1.56. The topological polar surface area (TPSA) is 109 Å². The highest BCUT2D eigenvalue weighted by Gasteiger charge is 2.24. The van der Waals surface area contributed by atoms with E-state index >= 15 is 0 Å². The molecule has 0 saturated heterocycles. The SMILES string of the molecule is CCOc1cc(F)ccc1C(=O)NCc1nc(-c2ccc(OC(F)F)c(OCC3CC3)c2)oc1[C@H](C)N. The van der Waals surface area contributed by atoms with Crippen LogP contribution in [0.4, 0.5) is 13.2 Å². The summed E-state index contributed by atoms with van der Waals surface area (Å²) in [5.41, 5.74) is 7.08. The molecule has 0 unspecified atom stereocenters. The predicted octanol–water partition coefficient (Wildman–Crippen LogP) is 5.22. The first-order valence-corrected chi connectivity index (χ1v) is 11.9. The molecule has 198 valence electrons. The van der Waals surface area contributed by atoms with Crippen molar-refractivity contribution in [1.82, 2.24) is 10.3 Å². The molecule has 11 heteroatoms. The zero-order valence-electron chi connectivity index (χ0n) is 20.4. The van der Waals surface area contributed by atoms with E-state index in [0.717, 1.165) is 18.9 Å². The number of benzene rings is 2. The highest BCUT2D eigenvalue weighted by atomic mass is 19.3. The summed E-state index contributed by atoms with van der Waals surface area (Å²) in [7, 11) is 0. The molecule has 1 saturated carbocycles. The van der Waals surface area contributed by atoms with Gasteiger partial charge in [0.25, 0.3) is 5.91 Å². The fourth-order valence-electron chi connectivity index (χ4n) is 3.63. The first kappa shape index (κ1) is 26.3. The first-order valence-electron chi connectivity index (χ1n) is 11.9. The normalized spacial score (nSPS) is 13.9. The van der Waals surface area contributed by atoms with E-state index in [0.29, 0.717) is 29.5 Å². The number of nitrogens with one attached hydrogen (secondary N) is 1. The molecule has 1 heterocycles. The van der Waals surface area contributed by atoms with Gasteiger partial charge in [0.15, 0.2) is 11.5 Å². The standard InChI is InChI=1S/C26H28F3N3O5/c1-3-34-21-11-17(27)7-8-18(21)24(33)31-12-19-23(14(2)30)37-25(32-19)16-6-9-20(36-26(28)29)22(10-16)35-13-15-4-5-15/h6-11,14-15,26H,3-5,12-13,30H2,1-2H3,(H,31,33)/t14-/m0/s1. The van der Waals surface area contributed by atoms with Crippen molar-refractivity contribution in [3.05, 3.63) is 59.2 Å². The van der Waals surface area contributed by atoms with Gasteiger partial charge in [0.1, 0.15) is 23.0 Å². The summed E-state index contributed by atoms with van der Waals surface area (Å²) >= 11 is 0. The van der Waals surface area contributed by atoms with Crippen LogP contribution in [0.25, 0.3) is 11.5 Å². The molecule has 1 aliphatic rings. The average Bonchev–Trinajstić information content (AvgIpc) is 3.58. The van der Waals surface area contributed by atoms with E-state index in [1.807, 2.05) is 0 Å².